The molecule has 0 N–H and O–H groups in total. The highest BCUT2D eigenvalue weighted by atomic mass is 32.2. The molecule has 124 valence electrons. The van der Waals surface area contributed by atoms with Crippen LogP contribution in [0.5, 0.6) is 5.75 Å². The van der Waals surface area contributed by atoms with Gasteiger partial charge in [-0.3, -0.25) is 14.5 Å². The topological polar surface area (TPSA) is 46.6 Å². The molecular formula is C18H23NO3S. The van der Waals surface area contributed by atoms with E-state index in [2.05, 4.69) is 0 Å². The van der Waals surface area contributed by atoms with Crippen LogP contribution >= 0.6 is 11.8 Å². The normalized spacial score (nSPS) is 15.3. The fourth-order valence-electron chi connectivity index (χ4n) is 2.41. The molecule has 23 heavy (non-hydrogen) atoms. The molecule has 0 unspecified atom stereocenters. The Morgan fingerprint density at radius 1 is 1.04 bits per heavy atom. The van der Waals surface area contributed by atoms with Crippen molar-refractivity contribution in [3.8, 4) is 5.75 Å². The lowest BCUT2D eigenvalue weighted by molar-refractivity contribution is -0.136. The summed E-state index contributed by atoms with van der Waals surface area (Å²) >= 11 is 1.45. The third-order valence-corrected chi connectivity index (χ3v) is 4.40. The van der Waals surface area contributed by atoms with Gasteiger partial charge >= 0.3 is 0 Å². The predicted octanol–water partition coefficient (Wildman–Crippen LogP) is 3.72. The first-order valence-corrected chi connectivity index (χ1v) is 8.77. The predicted molar refractivity (Wildman–Crippen MR) is 94.2 cm³/mol. The molecule has 1 aromatic carbocycles. The van der Waals surface area contributed by atoms with E-state index in [-0.39, 0.29) is 23.2 Å². The van der Waals surface area contributed by atoms with Crippen LogP contribution in [0.15, 0.2) is 29.2 Å². The molecule has 0 aromatic heterocycles. The van der Waals surface area contributed by atoms with Gasteiger partial charge in [-0.25, -0.2) is 0 Å². The average Bonchev–Trinajstić information content (AvgIpc) is 2.70. The molecule has 0 fully saturated rings. The van der Waals surface area contributed by atoms with Gasteiger partial charge in [0.1, 0.15) is 5.75 Å². The summed E-state index contributed by atoms with van der Waals surface area (Å²) in [5, 5.41) is 0.233. The molecule has 1 aromatic rings. The second-order valence-corrected chi connectivity index (χ2v) is 7.50. The zero-order chi connectivity index (χ0) is 17.1. The summed E-state index contributed by atoms with van der Waals surface area (Å²) in [6, 6.07) is 7.37. The van der Waals surface area contributed by atoms with Gasteiger partial charge in [0.25, 0.3) is 11.8 Å². The summed E-state index contributed by atoms with van der Waals surface area (Å²) < 4.78 is 5.63. The van der Waals surface area contributed by atoms with Gasteiger partial charge in [-0.2, -0.15) is 0 Å². The Kier molecular flexibility index (Phi) is 5.52. The number of likely N-dealkylation sites (N-methyl/N-ethyl adjacent to an activating group) is 1. The molecular weight excluding hydrogens is 310 g/mol. The van der Waals surface area contributed by atoms with Gasteiger partial charge in [0.2, 0.25) is 0 Å². The number of rotatable bonds is 6. The quantitative estimate of drug-likeness (QED) is 0.745. The van der Waals surface area contributed by atoms with Crippen LogP contribution in [0.25, 0.3) is 5.57 Å². The van der Waals surface area contributed by atoms with Crippen LogP contribution in [0.1, 0.15) is 40.2 Å². The maximum absolute atomic E-state index is 12.6. The minimum Gasteiger partial charge on any atom is -0.491 e. The van der Waals surface area contributed by atoms with E-state index >= 15 is 0 Å². The first-order chi connectivity index (χ1) is 10.8. The minimum atomic E-state index is -0.210. The number of thioether (sulfide) groups is 1. The SMILES string of the molecule is CCN1C(=O)C(SC(C)C)=C(c2ccc(OC(C)C)cc2)C1=O. The van der Waals surface area contributed by atoms with E-state index in [0.29, 0.717) is 17.0 Å². The summed E-state index contributed by atoms with van der Waals surface area (Å²) in [4.78, 5) is 26.9. The number of amides is 2. The van der Waals surface area contributed by atoms with Crippen molar-refractivity contribution in [2.45, 2.75) is 46.0 Å². The van der Waals surface area contributed by atoms with E-state index in [1.807, 2.05) is 58.9 Å². The Morgan fingerprint density at radius 3 is 2.13 bits per heavy atom. The highest BCUT2D eigenvalue weighted by Gasteiger charge is 2.38. The number of hydrogen-bond donors (Lipinski definition) is 0. The van der Waals surface area contributed by atoms with Gasteiger partial charge in [-0.05, 0) is 38.5 Å². The Bertz CT molecular complexity index is 632. The van der Waals surface area contributed by atoms with Crippen molar-refractivity contribution >= 4 is 29.1 Å². The van der Waals surface area contributed by atoms with Crippen molar-refractivity contribution in [1.29, 1.82) is 0 Å². The van der Waals surface area contributed by atoms with E-state index in [1.165, 1.54) is 16.7 Å². The number of hydrogen-bond acceptors (Lipinski definition) is 4. The van der Waals surface area contributed by atoms with Crippen molar-refractivity contribution in [2.75, 3.05) is 6.54 Å². The fourth-order valence-corrected chi connectivity index (χ4v) is 3.42. The smallest absolute Gasteiger partial charge is 0.267 e. The van der Waals surface area contributed by atoms with Gasteiger partial charge in [0, 0.05) is 11.8 Å². The number of carbonyl (C=O) groups is 2. The molecule has 2 rings (SSSR count). The van der Waals surface area contributed by atoms with E-state index in [1.54, 1.807) is 0 Å². The molecule has 0 bridgehead atoms. The van der Waals surface area contributed by atoms with Crippen LogP contribution < -0.4 is 4.74 Å². The standard InChI is InChI=1S/C18H23NO3S/c1-6-19-17(20)15(16(18(19)21)23-12(4)5)13-7-9-14(10-8-13)22-11(2)3/h7-12H,6H2,1-5H3. The van der Waals surface area contributed by atoms with Crippen LogP contribution in [0.3, 0.4) is 0 Å². The molecule has 0 atom stereocenters. The van der Waals surface area contributed by atoms with Crippen molar-refractivity contribution in [3.63, 3.8) is 0 Å². The van der Waals surface area contributed by atoms with E-state index in [4.69, 9.17) is 4.74 Å². The summed E-state index contributed by atoms with van der Waals surface area (Å²) in [6.07, 6.45) is 0.0948. The van der Waals surface area contributed by atoms with Gasteiger partial charge in [-0.15, -0.1) is 11.8 Å². The third-order valence-electron chi connectivity index (χ3n) is 3.31. The monoisotopic (exact) mass is 333 g/mol. The van der Waals surface area contributed by atoms with Crippen LogP contribution in [-0.2, 0) is 9.59 Å². The Labute approximate surface area is 141 Å². The molecule has 1 heterocycles. The number of carbonyl (C=O) groups excluding carboxylic acids is 2. The van der Waals surface area contributed by atoms with Crippen molar-refractivity contribution < 1.29 is 14.3 Å². The maximum Gasteiger partial charge on any atom is 0.267 e. The Balaban J connectivity index is 2.41. The molecule has 1 aliphatic rings. The zero-order valence-corrected chi connectivity index (χ0v) is 15.1. The lowest BCUT2D eigenvalue weighted by atomic mass is 10.1. The zero-order valence-electron chi connectivity index (χ0n) is 14.3. The highest BCUT2D eigenvalue weighted by Crippen LogP contribution is 2.38. The summed E-state index contributed by atoms with van der Waals surface area (Å²) in [6.45, 7) is 10.2. The lowest BCUT2D eigenvalue weighted by Gasteiger charge is -2.12. The van der Waals surface area contributed by atoms with Crippen LogP contribution in [0.4, 0.5) is 0 Å². The molecule has 0 radical (unpaired) electrons. The Morgan fingerprint density at radius 2 is 1.65 bits per heavy atom. The van der Waals surface area contributed by atoms with Gasteiger partial charge in [0.15, 0.2) is 0 Å². The number of benzene rings is 1. The number of ether oxygens (including phenoxy) is 1. The Hall–Kier alpha value is -1.75. The summed E-state index contributed by atoms with van der Waals surface area (Å²) in [5.74, 6) is 0.360. The van der Waals surface area contributed by atoms with E-state index in [0.717, 1.165) is 11.3 Å². The molecule has 4 nitrogen and oxygen atoms in total. The highest BCUT2D eigenvalue weighted by molar-refractivity contribution is 8.04. The first-order valence-electron chi connectivity index (χ1n) is 7.89. The lowest BCUT2D eigenvalue weighted by Crippen LogP contribution is -2.31. The van der Waals surface area contributed by atoms with E-state index in [9.17, 15) is 9.59 Å². The molecule has 5 heteroatoms. The molecule has 2 amide bonds. The second-order valence-electron chi connectivity index (χ2n) is 5.92. The van der Waals surface area contributed by atoms with Crippen LogP contribution in [0.2, 0.25) is 0 Å². The third kappa shape index (κ3) is 3.78. The van der Waals surface area contributed by atoms with Crippen molar-refractivity contribution in [3.05, 3.63) is 34.7 Å². The number of imide groups is 1. The maximum atomic E-state index is 12.6. The van der Waals surface area contributed by atoms with Gasteiger partial charge in [0.05, 0.1) is 16.6 Å². The second kappa shape index (κ2) is 7.21. The molecule has 0 saturated carbocycles. The van der Waals surface area contributed by atoms with Crippen LogP contribution in [-0.4, -0.2) is 34.6 Å². The first kappa shape index (κ1) is 17.6. The van der Waals surface area contributed by atoms with Gasteiger partial charge < -0.3 is 4.74 Å². The van der Waals surface area contributed by atoms with Crippen molar-refractivity contribution in [1.82, 2.24) is 4.90 Å². The fraction of sp³-hybridized carbons (Fsp3) is 0.444. The van der Waals surface area contributed by atoms with Crippen molar-refractivity contribution in [2.24, 2.45) is 0 Å². The van der Waals surface area contributed by atoms with Gasteiger partial charge in [-0.1, -0.05) is 26.0 Å². The summed E-state index contributed by atoms with van der Waals surface area (Å²) in [5.41, 5.74) is 1.27. The number of nitrogens with zero attached hydrogens (tertiary/aromatic N) is 1. The molecule has 1 aliphatic heterocycles. The molecule has 0 aliphatic carbocycles. The molecule has 0 spiro atoms. The largest absolute Gasteiger partial charge is 0.491 e. The average molecular weight is 333 g/mol. The molecule has 0 saturated heterocycles. The van der Waals surface area contributed by atoms with E-state index < -0.39 is 0 Å². The van der Waals surface area contributed by atoms with Crippen LogP contribution in [0, 0.1) is 0 Å². The summed E-state index contributed by atoms with van der Waals surface area (Å²) in [7, 11) is 0. The minimum absolute atomic E-state index is 0.0948.